The molecule has 0 aliphatic rings. The molecule has 0 saturated heterocycles. The van der Waals surface area contributed by atoms with Crippen molar-refractivity contribution in [3.05, 3.63) is 35.1 Å². The minimum Gasteiger partial charge on any atom is -0.481 e. The van der Waals surface area contributed by atoms with E-state index in [0.717, 1.165) is 18.2 Å². The van der Waals surface area contributed by atoms with Gasteiger partial charge in [-0.2, -0.15) is 0 Å². The molecular formula is C11H11FO6. The van der Waals surface area contributed by atoms with Crippen molar-refractivity contribution in [3.8, 4) is 0 Å². The molecule has 0 fully saturated rings. The molecule has 1 aromatic rings. The maximum absolute atomic E-state index is 13.0. The molecule has 7 heteroatoms. The molecule has 4 N–H and O–H groups in total. The minimum absolute atomic E-state index is 0.0386. The summed E-state index contributed by atoms with van der Waals surface area (Å²) in [5.41, 5.74) is -0.219. The molecule has 1 aromatic carbocycles. The first kappa shape index (κ1) is 14.1. The van der Waals surface area contributed by atoms with Crippen molar-refractivity contribution in [2.45, 2.75) is 18.6 Å². The fourth-order valence-corrected chi connectivity index (χ4v) is 1.47. The van der Waals surface area contributed by atoms with Crippen molar-refractivity contribution in [2.24, 2.45) is 0 Å². The molecule has 2 atom stereocenters. The van der Waals surface area contributed by atoms with Crippen LogP contribution in [0, 0.1) is 5.82 Å². The lowest BCUT2D eigenvalue weighted by Gasteiger charge is -2.17. The zero-order valence-electron chi connectivity index (χ0n) is 9.08. The van der Waals surface area contributed by atoms with Crippen molar-refractivity contribution in [1.82, 2.24) is 0 Å². The molecular weight excluding hydrogens is 247 g/mol. The van der Waals surface area contributed by atoms with Gasteiger partial charge in [0.2, 0.25) is 0 Å². The second-order valence-corrected chi connectivity index (χ2v) is 3.64. The van der Waals surface area contributed by atoms with Gasteiger partial charge in [-0.1, -0.05) is 6.07 Å². The minimum atomic E-state index is -2.15. The highest BCUT2D eigenvalue weighted by Crippen LogP contribution is 2.23. The Balaban J connectivity index is 3.15. The largest absolute Gasteiger partial charge is 0.481 e. The molecule has 0 heterocycles. The predicted octanol–water partition coefficient (Wildman–Crippen LogP) is -0.0683. The van der Waals surface area contributed by atoms with Crippen LogP contribution in [-0.4, -0.2) is 38.5 Å². The van der Waals surface area contributed by atoms with Gasteiger partial charge in [-0.15, -0.1) is 0 Å². The predicted molar refractivity (Wildman–Crippen MR) is 56.3 cm³/mol. The van der Waals surface area contributed by atoms with Gasteiger partial charge in [-0.3, -0.25) is 4.79 Å². The fraction of sp³-hybridized carbons (Fsp3) is 0.273. The maximum Gasteiger partial charge on any atom is 0.335 e. The van der Waals surface area contributed by atoms with Gasteiger partial charge in [0.05, 0.1) is 6.42 Å². The second-order valence-electron chi connectivity index (χ2n) is 3.64. The van der Waals surface area contributed by atoms with Gasteiger partial charge in [-0.25, -0.2) is 9.18 Å². The van der Waals surface area contributed by atoms with Gasteiger partial charge < -0.3 is 20.4 Å². The van der Waals surface area contributed by atoms with Crippen LogP contribution < -0.4 is 0 Å². The molecule has 0 radical (unpaired) electrons. The number of hydrogen-bond donors (Lipinski definition) is 4. The summed E-state index contributed by atoms with van der Waals surface area (Å²) in [7, 11) is 0. The molecule has 6 nitrogen and oxygen atoms in total. The molecule has 2 unspecified atom stereocenters. The quantitative estimate of drug-likeness (QED) is 0.587. The molecule has 0 spiro atoms. The van der Waals surface area contributed by atoms with Crippen molar-refractivity contribution in [3.63, 3.8) is 0 Å². The van der Waals surface area contributed by atoms with Crippen LogP contribution in [0.1, 0.15) is 17.2 Å². The maximum atomic E-state index is 13.0. The summed E-state index contributed by atoms with van der Waals surface area (Å²) >= 11 is 0. The van der Waals surface area contributed by atoms with E-state index in [1.54, 1.807) is 0 Å². The molecule has 0 saturated carbocycles. The summed E-state index contributed by atoms with van der Waals surface area (Å²) in [6.07, 6.45) is -4.56. The third kappa shape index (κ3) is 3.25. The van der Waals surface area contributed by atoms with Crippen LogP contribution in [0.25, 0.3) is 0 Å². The van der Waals surface area contributed by atoms with Gasteiger partial charge in [0.15, 0.2) is 6.10 Å². The van der Waals surface area contributed by atoms with Crippen LogP contribution in [0.5, 0.6) is 0 Å². The second kappa shape index (κ2) is 5.56. The Morgan fingerprint density at radius 1 is 1.22 bits per heavy atom. The van der Waals surface area contributed by atoms with E-state index in [9.17, 15) is 24.2 Å². The van der Waals surface area contributed by atoms with E-state index in [1.165, 1.54) is 0 Å². The number of carbonyl (C=O) groups is 2. The van der Waals surface area contributed by atoms with Crippen LogP contribution in [0.15, 0.2) is 18.2 Å². The number of rotatable bonds is 5. The van der Waals surface area contributed by atoms with E-state index in [4.69, 9.17) is 10.2 Å². The molecule has 0 aromatic heterocycles. The molecule has 0 aliphatic carbocycles. The highest BCUT2D eigenvalue weighted by atomic mass is 19.1. The van der Waals surface area contributed by atoms with Gasteiger partial charge >= 0.3 is 11.9 Å². The first-order valence-corrected chi connectivity index (χ1v) is 4.92. The zero-order chi connectivity index (χ0) is 13.9. The van der Waals surface area contributed by atoms with E-state index >= 15 is 0 Å². The van der Waals surface area contributed by atoms with E-state index < -0.39 is 36.4 Å². The fourth-order valence-electron chi connectivity index (χ4n) is 1.47. The van der Waals surface area contributed by atoms with Gasteiger partial charge in [0, 0.05) is 0 Å². The summed E-state index contributed by atoms with van der Waals surface area (Å²) in [6.45, 7) is 0. The summed E-state index contributed by atoms with van der Waals surface area (Å²) in [5, 5.41) is 35.9. The first-order chi connectivity index (χ1) is 8.32. The van der Waals surface area contributed by atoms with E-state index in [1.807, 2.05) is 0 Å². The topological polar surface area (TPSA) is 115 Å². The lowest BCUT2D eigenvalue weighted by molar-refractivity contribution is -0.153. The van der Waals surface area contributed by atoms with Gasteiger partial charge in [-0.05, 0) is 23.3 Å². The number of halogens is 1. The smallest absolute Gasteiger partial charge is 0.335 e. The standard InChI is InChI=1S/C11H11FO6/c12-6-2-1-5(3-8(13)14)7(4-6)9(15)10(16)11(17)18/h1-2,4,9-10,15-16H,3H2,(H,13,14)(H,17,18). The third-order valence-electron chi connectivity index (χ3n) is 2.32. The Labute approximate surface area is 101 Å². The highest BCUT2D eigenvalue weighted by Gasteiger charge is 2.27. The van der Waals surface area contributed by atoms with Crippen molar-refractivity contribution in [1.29, 1.82) is 0 Å². The summed E-state index contributed by atoms with van der Waals surface area (Å²) in [6, 6.07) is 2.91. The average molecular weight is 258 g/mol. The van der Waals surface area contributed by atoms with Crippen LogP contribution in [0.3, 0.4) is 0 Å². The summed E-state index contributed by atoms with van der Waals surface area (Å²) in [4.78, 5) is 21.1. The normalized spacial score (nSPS) is 13.9. The monoisotopic (exact) mass is 258 g/mol. The highest BCUT2D eigenvalue weighted by molar-refractivity contribution is 5.74. The average Bonchev–Trinajstić information content (AvgIpc) is 2.28. The van der Waals surface area contributed by atoms with Crippen LogP contribution in [0.4, 0.5) is 4.39 Å². The van der Waals surface area contributed by atoms with E-state index in [2.05, 4.69) is 0 Å². The van der Waals surface area contributed by atoms with Crippen LogP contribution >= 0.6 is 0 Å². The Morgan fingerprint density at radius 2 is 1.83 bits per heavy atom. The van der Waals surface area contributed by atoms with Crippen molar-refractivity contribution >= 4 is 11.9 Å². The van der Waals surface area contributed by atoms with Gasteiger partial charge in [0.25, 0.3) is 0 Å². The number of benzene rings is 1. The Morgan fingerprint density at radius 3 is 2.33 bits per heavy atom. The molecule has 0 aliphatic heterocycles. The van der Waals surface area contributed by atoms with Crippen molar-refractivity contribution < 1.29 is 34.4 Å². The number of carboxylic acid groups (broad SMARTS) is 2. The summed E-state index contributed by atoms with van der Waals surface area (Å²) in [5.74, 6) is -3.68. The number of aliphatic carboxylic acids is 2. The molecule has 0 bridgehead atoms. The number of aliphatic hydroxyl groups excluding tert-OH is 2. The lowest BCUT2D eigenvalue weighted by Crippen LogP contribution is -2.28. The first-order valence-electron chi connectivity index (χ1n) is 4.92. The molecule has 0 amide bonds. The number of carboxylic acids is 2. The molecule has 98 valence electrons. The number of aliphatic hydroxyl groups is 2. The van der Waals surface area contributed by atoms with Crippen LogP contribution in [-0.2, 0) is 16.0 Å². The summed E-state index contributed by atoms with van der Waals surface area (Å²) < 4.78 is 13.0. The number of hydrogen-bond acceptors (Lipinski definition) is 4. The van der Waals surface area contributed by atoms with Crippen molar-refractivity contribution in [2.75, 3.05) is 0 Å². The van der Waals surface area contributed by atoms with E-state index in [0.29, 0.717) is 0 Å². The lowest BCUT2D eigenvalue weighted by atomic mass is 9.96. The Hall–Kier alpha value is -1.99. The van der Waals surface area contributed by atoms with E-state index in [-0.39, 0.29) is 11.1 Å². The van der Waals surface area contributed by atoms with Gasteiger partial charge in [0.1, 0.15) is 11.9 Å². The van der Waals surface area contributed by atoms with Crippen LogP contribution in [0.2, 0.25) is 0 Å². The Kier molecular flexibility index (Phi) is 4.35. The Bertz CT molecular complexity index is 473. The zero-order valence-corrected chi connectivity index (χ0v) is 9.08. The third-order valence-corrected chi connectivity index (χ3v) is 2.32. The SMILES string of the molecule is O=C(O)Cc1ccc(F)cc1C(O)C(O)C(=O)O. The molecule has 1 rings (SSSR count). The molecule has 18 heavy (non-hydrogen) atoms.